The van der Waals surface area contributed by atoms with E-state index in [1.807, 2.05) is 47.5 Å². The topological polar surface area (TPSA) is 52.3 Å². The van der Waals surface area contributed by atoms with Crippen LogP contribution in [0.4, 0.5) is 5.69 Å². The number of hydrogen-bond acceptors (Lipinski definition) is 4. The zero-order valence-electron chi connectivity index (χ0n) is 11.0. The fourth-order valence-electron chi connectivity index (χ4n) is 2.32. The maximum atomic E-state index is 9.19. The van der Waals surface area contributed by atoms with Gasteiger partial charge in [-0.05, 0) is 37.1 Å². The minimum atomic E-state index is 0.651. The van der Waals surface area contributed by atoms with Gasteiger partial charge in [-0.1, -0.05) is 18.2 Å². The lowest BCUT2D eigenvalue weighted by Gasteiger charge is -2.25. The van der Waals surface area contributed by atoms with E-state index in [9.17, 15) is 5.26 Å². The Morgan fingerprint density at radius 1 is 1.10 bits per heavy atom. The van der Waals surface area contributed by atoms with Crippen molar-refractivity contribution in [1.82, 2.24) is 4.98 Å². The van der Waals surface area contributed by atoms with E-state index in [4.69, 9.17) is 0 Å². The summed E-state index contributed by atoms with van der Waals surface area (Å²) in [5.41, 5.74) is 3.40. The van der Waals surface area contributed by atoms with Crippen molar-refractivity contribution < 1.29 is 0 Å². The van der Waals surface area contributed by atoms with Crippen molar-refractivity contribution in [2.75, 3.05) is 11.6 Å². The van der Waals surface area contributed by atoms with Crippen molar-refractivity contribution in [3.05, 3.63) is 59.9 Å². The molecule has 0 saturated carbocycles. The number of hydrazone groups is 1. The molecule has 0 radical (unpaired) electrons. The number of nitrogens with zero attached hydrogens (tertiary/aromatic N) is 4. The summed E-state index contributed by atoms with van der Waals surface area (Å²) in [6.07, 6.45) is 3.71. The monoisotopic (exact) mass is 262 g/mol. The highest BCUT2D eigenvalue weighted by molar-refractivity contribution is 5.99. The van der Waals surface area contributed by atoms with Gasteiger partial charge >= 0.3 is 0 Å². The van der Waals surface area contributed by atoms with Crippen LogP contribution < -0.4 is 5.01 Å². The van der Waals surface area contributed by atoms with Gasteiger partial charge in [-0.2, -0.15) is 10.4 Å². The lowest BCUT2D eigenvalue weighted by molar-refractivity contribution is 0.739. The van der Waals surface area contributed by atoms with Gasteiger partial charge in [0.2, 0.25) is 0 Å². The summed E-state index contributed by atoms with van der Waals surface area (Å²) in [6.45, 7) is 0.828. The van der Waals surface area contributed by atoms with Crippen LogP contribution >= 0.6 is 0 Å². The molecule has 1 aromatic heterocycles. The van der Waals surface area contributed by atoms with E-state index in [-0.39, 0.29) is 0 Å². The van der Waals surface area contributed by atoms with E-state index in [2.05, 4.69) is 16.2 Å². The molecule has 0 saturated heterocycles. The summed E-state index contributed by atoms with van der Waals surface area (Å²) < 4.78 is 0. The standard InChI is InChI=1S/C16H14N4/c17-12-13-6-1-2-9-16(13)20-11-5-8-15(19-20)14-7-3-4-10-18-14/h1-4,6-7,9-10H,5,8,11H2. The third-order valence-corrected chi connectivity index (χ3v) is 3.29. The molecule has 4 heteroatoms. The van der Waals surface area contributed by atoms with Crippen LogP contribution in [0.3, 0.4) is 0 Å². The highest BCUT2D eigenvalue weighted by Crippen LogP contribution is 2.24. The van der Waals surface area contributed by atoms with Crippen LogP contribution in [0.2, 0.25) is 0 Å². The second kappa shape index (κ2) is 5.54. The molecule has 2 heterocycles. The molecule has 0 aliphatic carbocycles. The van der Waals surface area contributed by atoms with Crippen molar-refractivity contribution in [2.45, 2.75) is 12.8 Å². The van der Waals surface area contributed by atoms with E-state index in [1.54, 1.807) is 6.20 Å². The Hall–Kier alpha value is -2.67. The van der Waals surface area contributed by atoms with E-state index >= 15 is 0 Å². The van der Waals surface area contributed by atoms with Crippen molar-refractivity contribution in [3.63, 3.8) is 0 Å². The first-order valence-corrected chi connectivity index (χ1v) is 6.64. The summed E-state index contributed by atoms with van der Waals surface area (Å²) in [4.78, 5) is 4.35. The Kier molecular flexibility index (Phi) is 3.42. The minimum Gasteiger partial charge on any atom is -0.264 e. The normalized spacial score (nSPS) is 14.6. The molecule has 0 N–H and O–H groups in total. The fourth-order valence-corrected chi connectivity index (χ4v) is 2.32. The van der Waals surface area contributed by atoms with Gasteiger partial charge in [-0.15, -0.1) is 0 Å². The molecule has 4 nitrogen and oxygen atoms in total. The number of nitriles is 1. The number of aromatic nitrogens is 1. The molecular weight excluding hydrogens is 248 g/mol. The predicted molar refractivity (Wildman–Crippen MR) is 78.5 cm³/mol. The van der Waals surface area contributed by atoms with Crippen molar-refractivity contribution in [1.29, 1.82) is 5.26 Å². The summed E-state index contributed by atoms with van der Waals surface area (Å²) in [7, 11) is 0. The summed E-state index contributed by atoms with van der Waals surface area (Å²) >= 11 is 0. The van der Waals surface area contributed by atoms with Crippen LogP contribution in [0, 0.1) is 11.3 Å². The molecule has 1 aliphatic heterocycles. The number of para-hydroxylation sites is 1. The number of benzene rings is 1. The quantitative estimate of drug-likeness (QED) is 0.836. The molecule has 98 valence electrons. The Morgan fingerprint density at radius 2 is 1.95 bits per heavy atom. The second-order valence-corrected chi connectivity index (χ2v) is 4.62. The maximum absolute atomic E-state index is 9.19. The first kappa shape index (κ1) is 12.4. The fraction of sp³-hybridized carbons (Fsp3) is 0.188. The van der Waals surface area contributed by atoms with Gasteiger partial charge < -0.3 is 0 Å². The molecule has 1 aliphatic rings. The van der Waals surface area contributed by atoms with Crippen LogP contribution in [-0.4, -0.2) is 17.2 Å². The molecule has 20 heavy (non-hydrogen) atoms. The molecular formula is C16H14N4. The Bertz CT molecular complexity index is 670. The second-order valence-electron chi connectivity index (χ2n) is 4.62. The Balaban J connectivity index is 1.97. The predicted octanol–water partition coefficient (Wildman–Crippen LogP) is 2.96. The van der Waals surface area contributed by atoms with Crippen LogP contribution in [-0.2, 0) is 0 Å². The van der Waals surface area contributed by atoms with E-state index in [0.29, 0.717) is 5.56 Å². The van der Waals surface area contributed by atoms with Crippen molar-refractivity contribution in [2.24, 2.45) is 5.10 Å². The Morgan fingerprint density at radius 3 is 2.75 bits per heavy atom. The third kappa shape index (κ3) is 2.39. The first-order chi connectivity index (χ1) is 9.88. The van der Waals surface area contributed by atoms with Gasteiger partial charge in [0.1, 0.15) is 6.07 Å². The minimum absolute atomic E-state index is 0.651. The molecule has 0 spiro atoms. The van der Waals surface area contributed by atoms with Crippen LogP contribution in [0.15, 0.2) is 53.8 Å². The van der Waals surface area contributed by atoms with Crippen molar-refractivity contribution in [3.8, 4) is 6.07 Å². The van der Waals surface area contributed by atoms with E-state index in [0.717, 1.165) is 36.5 Å². The largest absolute Gasteiger partial charge is 0.264 e. The van der Waals surface area contributed by atoms with E-state index < -0.39 is 0 Å². The number of hydrogen-bond donors (Lipinski definition) is 0. The number of rotatable bonds is 2. The molecule has 0 amide bonds. The first-order valence-electron chi connectivity index (χ1n) is 6.64. The molecule has 0 bridgehead atoms. The lowest BCUT2D eigenvalue weighted by Crippen LogP contribution is -2.27. The van der Waals surface area contributed by atoms with Gasteiger partial charge in [0.15, 0.2) is 0 Å². The van der Waals surface area contributed by atoms with Crippen LogP contribution in [0.1, 0.15) is 24.1 Å². The zero-order chi connectivity index (χ0) is 13.8. The molecule has 0 unspecified atom stereocenters. The van der Waals surface area contributed by atoms with Gasteiger partial charge in [-0.25, -0.2) is 0 Å². The molecule has 3 rings (SSSR count). The van der Waals surface area contributed by atoms with Crippen LogP contribution in [0.5, 0.6) is 0 Å². The van der Waals surface area contributed by atoms with Gasteiger partial charge in [0.05, 0.1) is 22.7 Å². The average molecular weight is 262 g/mol. The SMILES string of the molecule is N#Cc1ccccc1N1CCCC(c2ccccn2)=N1. The van der Waals surface area contributed by atoms with Crippen LogP contribution in [0.25, 0.3) is 0 Å². The highest BCUT2D eigenvalue weighted by Gasteiger charge is 2.17. The number of pyridine rings is 1. The van der Waals surface area contributed by atoms with E-state index in [1.165, 1.54) is 0 Å². The van der Waals surface area contributed by atoms with Gasteiger partial charge in [-0.3, -0.25) is 9.99 Å². The highest BCUT2D eigenvalue weighted by atomic mass is 15.5. The molecule has 1 aromatic carbocycles. The van der Waals surface area contributed by atoms with Gasteiger partial charge in [0, 0.05) is 12.7 Å². The maximum Gasteiger partial charge on any atom is 0.101 e. The molecule has 0 atom stereocenters. The van der Waals surface area contributed by atoms with Gasteiger partial charge in [0.25, 0.3) is 0 Å². The summed E-state index contributed by atoms with van der Waals surface area (Å²) in [5.74, 6) is 0. The summed E-state index contributed by atoms with van der Waals surface area (Å²) in [6, 6.07) is 15.6. The third-order valence-electron chi connectivity index (χ3n) is 3.29. The number of anilines is 1. The summed E-state index contributed by atoms with van der Waals surface area (Å²) in [5, 5.41) is 15.8. The molecule has 2 aromatic rings. The van der Waals surface area contributed by atoms with Crippen molar-refractivity contribution >= 4 is 11.4 Å². The lowest BCUT2D eigenvalue weighted by atomic mass is 10.1. The zero-order valence-corrected chi connectivity index (χ0v) is 11.0. The Labute approximate surface area is 118 Å². The average Bonchev–Trinajstić information content (AvgIpc) is 2.56. The smallest absolute Gasteiger partial charge is 0.101 e. The molecule has 0 fully saturated rings.